The molecule has 0 saturated carbocycles. The third-order valence-electron chi connectivity index (χ3n) is 3.60. The first kappa shape index (κ1) is 17.5. The van der Waals surface area contributed by atoms with Crippen molar-refractivity contribution in [2.24, 2.45) is 0 Å². The van der Waals surface area contributed by atoms with Gasteiger partial charge in [0.05, 0.1) is 22.9 Å². The number of carbonyl (C=O) groups excluding carboxylic acids is 2. The van der Waals surface area contributed by atoms with Crippen molar-refractivity contribution in [3.63, 3.8) is 0 Å². The molecule has 0 spiro atoms. The highest BCUT2D eigenvalue weighted by Gasteiger charge is 2.21. The van der Waals surface area contributed by atoms with E-state index in [4.69, 9.17) is 16.3 Å². The van der Waals surface area contributed by atoms with Gasteiger partial charge in [-0.25, -0.2) is 4.79 Å². The van der Waals surface area contributed by atoms with Gasteiger partial charge in [-0.2, -0.15) is 0 Å². The highest BCUT2D eigenvalue weighted by molar-refractivity contribution is 9.10. The predicted octanol–water partition coefficient (Wildman–Crippen LogP) is 5.01. The minimum atomic E-state index is -0.532. The number of rotatable bonds is 4. The molecule has 0 unspecified atom stereocenters. The number of amides is 1. The number of hydrogen-bond acceptors (Lipinski definition) is 3. The van der Waals surface area contributed by atoms with Crippen molar-refractivity contribution in [1.82, 2.24) is 4.98 Å². The third kappa shape index (κ3) is 3.55. The number of fused-ring (bicyclic) bond motifs is 1. The van der Waals surface area contributed by atoms with Crippen molar-refractivity contribution in [3.05, 3.63) is 63.2 Å². The lowest BCUT2D eigenvalue weighted by molar-refractivity contribution is 0.0522. The Morgan fingerprint density at radius 1 is 1.24 bits per heavy atom. The summed E-state index contributed by atoms with van der Waals surface area (Å²) in [5.74, 6) is -0.941. The van der Waals surface area contributed by atoms with Gasteiger partial charge in [0.2, 0.25) is 0 Å². The summed E-state index contributed by atoms with van der Waals surface area (Å²) in [5, 5.41) is 3.80. The summed E-state index contributed by atoms with van der Waals surface area (Å²) in [6, 6.07) is 12.3. The van der Waals surface area contributed by atoms with Crippen LogP contribution in [0.25, 0.3) is 10.9 Å². The second-order valence-corrected chi connectivity index (χ2v) is 6.54. The number of para-hydroxylation sites is 1. The van der Waals surface area contributed by atoms with Crippen molar-refractivity contribution in [2.45, 2.75) is 6.92 Å². The van der Waals surface area contributed by atoms with Gasteiger partial charge in [-0.3, -0.25) is 4.79 Å². The SMILES string of the molecule is CCOC(=O)c1[nH]c2ccccc2c1NC(=O)c1ccc(Br)cc1Cl. The Balaban J connectivity index is 2.03. The molecule has 0 radical (unpaired) electrons. The molecular formula is C18H14BrClN2O3. The zero-order chi connectivity index (χ0) is 18.0. The summed E-state index contributed by atoms with van der Waals surface area (Å²) in [5.41, 5.74) is 1.61. The maximum Gasteiger partial charge on any atom is 0.356 e. The number of benzene rings is 2. The van der Waals surface area contributed by atoms with E-state index in [0.29, 0.717) is 21.7 Å². The fourth-order valence-corrected chi connectivity index (χ4v) is 3.24. The van der Waals surface area contributed by atoms with Crippen LogP contribution in [0.4, 0.5) is 5.69 Å². The average molecular weight is 422 g/mol. The van der Waals surface area contributed by atoms with E-state index >= 15 is 0 Å². The molecule has 1 aromatic heterocycles. The molecule has 0 atom stereocenters. The molecule has 7 heteroatoms. The zero-order valence-electron chi connectivity index (χ0n) is 13.2. The van der Waals surface area contributed by atoms with Gasteiger partial charge < -0.3 is 15.0 Å². The average Bonchev–Trinajstić information content (AvgIpc) is 2.94. The van der Waals surface area contributed by atoms with Crippen LogP contribution in [0, 0.1) is 0 Å². The number of nitrogens with one attached hydrogen (secondary N) is 2. The molecule has 128 valence electrons. The second-order valence-electron chi connectivity index (χ2n) is 5.22. The van der Waals surface area contributed by atoms with Gasteiger partial charge in [-0.15, -0.1) is 0 Å². The van der Waals surface area contributed by atoms with Gasteiger partial charge in [0.15, 0.2) is 0 Å². The Hall–Kier alpha value is -2.31. The lowest BCUT2D eigenvalue weighted by atomic mass is 10.2. The van der Waals surface area contributed by atoms with Crippen LogP contribution in [0.2, 0.25) is 5.02 Å². The third-order valence-corrected chi connectivity index (χ3v) is 4.41. The standard InChI is InChI=1S/C18H14BrClN2O3/c1-2-25-18(24)16-15(12-5-3-4-6-14(12)21-16)22-17(23)11-8-7-10(19)9-13(11)20/h3-9,21H,2H2,1H3,(H,22,23). The van der Waals surface area contributed by atoms with E-state index in [0.717, 1.165) is 9.99 Å². The van der Waals surface area contributed by atoms with Crippen LogP contribution in [-0.2, 0) is 4.74 Å². The predicted molar refractivity (Wildman–Crippen MR) is 101 cm³/mol. The quantitative estimate of drug-likeness (QED) is 0.582. The number of anilines is 1. The summed E-state index contributed by atoms with van der Waals surface area (Å²) in [7, 11) is 0. The van der Waals surface area contributed by atoms with Crippen LogP contribution in [0.5, 0.6) is 0 Å². The maximum atomic E-state index is 12.6. The van der Waals surface area contributed by atoms with Crippen molar-refractivity contribution in [1.29, 1.82) is 0 Å². The summed E-state index contributed by atoms with van der Waals surface area (Å²) < 4.78 is 5.84. The van der Waals surface area contributed by atoms with E-state index in [1.165, 1.54) is 0 Å². The second kappa shape index (κ2) is 7.29. The summed E-state index contributed by atoms with van der Waals surface area (Å²) in [6.07, 6.45) is 0. The summed E-state index contributed by atoms with van der Waals surface area (Å²) in [4.78, 5) is 27.9. The molecule has 0 aliphatic rings. The molecule has 1 amide bonds. The number of H-pyrrole nitrogens is 1. The molecule has 0 saturated heterocycles. The van der Waals surface area contributed by atoms with Crippen LogP contribution in [0.3, 0.4) is 0 Å². The van der Waals surface area contributed by atoms with Crippen LogP contribution < -0.4 is 5.32 Å². The van der Waals surface area contributed by atoms with Gasteiger partial charge in [-0.05, 0) is 31.2 Å². The molecule has 2 aromatic carbocycles. The van der Waals surface area contributed by atoms with Crippen LogP contribution in [0.1, 0.15) is 27.8 Å². The Morgan fingerprint density at radius 2 is 2.00 bits per heavy atom. The number of esters is 1. The van der Waals surface area contributed by atoms with Gasteiger partial charge in [-0.1, -0.05) is 45.7 Å². The Kier molecular flexibility index (Phi) is 5.11. The van der Waals surface area contributed by atoms with Crippen LogP contribution >= 0.6 is 27.5 Å². The molecule has 1 heterocycles. The van der Waals surface area contributed by atoms with Gasteiger partial charge in [0.25, 0.3) is 5.91 Å². The monoisotopic (exact) mass is 420 g/mol. The van der Waals surface area contributed by atoms with E-state index in [2.05, 4.69) is 26.2 Å². The van der Waals surface area contributed by atoms with E-state index in [1.807, 2.05) is 24.3 Å². The number of carbonyl (C=O) groups is 2. The van der Waals surface area contributed by atoms with E-state index in [-0.39, 0.29) is 12.3 Å². The summed E-state index contributed by atoms with van der Waals surface area (Å²) >= 11 is 9.45. The lowest BCUT2D eigenvalue weighted by Crippen LogP contribution is -2.16. The van der Waals surface area contributed by atoms with Crippen molar-refractivity contribution in [2.75, 3.05) is 11.9 Å². The number of hydrogen-bond donors (Lipinski definition) is 2. The molecule has 2 N–H and O–H groups in total. The highest BCUT2D eigenvalue weighted by Crippen LogP contribution is 2.30. The topological polar surface area (TPSA) is 71.2 Å². The highest BCUT2D eigenvalue weighted by atomic mass is 79.9. The molecule has 0 fully saturated rings. The molecular weight excluding hydrogens is 408 g/mol. The van der Waals surface area contributed by atoms with E-state index < -0.39 is 11.9 Å². The number of halogens is 2. The molecule has 0 aliphatic heterocycles. The largest absolute Gasteiger partial charge is 0.461 e. The van der Waals surface area contributed by atoms with Gasteiger partial charge in [0.1, 0.15) is 5.69 Å². The van der Waals surface area contributed by atoms with E-state index in [1.54, 1.807) is 25.1 Å². The molecule has 3 aromatic rings. The molecule has 0 bridgehead atoms. The van der Waals surface area contributed by atoms with Crippen molar-refractivity contribution >= 4 is 56.0 Å². The lowest BCUT2D eigenvalue weighted by Gasteiger charge is -2.09. The van der Waals surface area contributed by atoms with Gasteiger partial charge >= 0.3 is 5.97 Å². The molecule has 25 heavy (non-hydrogen) atoms. The fourth-order valence-electron chi connectivity index (χ4n) is 2.48. The van der Waals surface area contributed by atoms with E-state index in [9.17, 15) is 9.59 Å². The van der Waals surface area contributed by atoms with Crippen LogP contribution in [-0.4, -0.2) is 23.5 Å². The minimum Gasteiger partial charge on any atom is -0.461 e. The Labute approximate surface area is 157 Å². The van der Waals surface area contributed by atoms with Gasteiger partial charge in [0, 0.05) is 15.4 Å². The van der Waals surface area contributed by atoms with Crippen molar-refractivity contribution < 1.29 is 14.3 Å². The maximum absolute atomic E-state index is 12.6. The molecule has 0 aliphatic carbocycles. The Morgan fingerprint density at radius 3 is 2.72 bits per heavy atom. The van der Waals surface area contributed by atoms with Crippen LogP contribution in [0.15, 0.2) is 46.9 Å². The Bertz CT molecular complexity index is 968. The van der Waals surface area contributed by atoms with Crippen molar-refractivity contribution in [3.8, 4) is 0 Å². The number of ether oxygens (including phenoxy) is 1. The molecule has 3 rings (SSSR count). The fraction of sp³-hybridized carbons (Fsp3) is 0.111. The minimum absolute atomic E-state index is 0.199. The first-order valence-corrected chi connectivity index (χ1v) is 8.72. The number of aromatic amines is 1. The number of aromatic nitrogens is 1. The first-order chi connectivity index (χ1) is 12.0. The first-order valence-electron chi connectivity index (χ1n) is 7.55. The normalized spacial score (nSPS) is 10.7. The zero-order valence-corrected chi connectivity index (χ0v) is 15.6. The summed E-state index contributed by atoms with van der Waals surface area (Å²) in [6.45, 7) is 1.96. The molecule has 5 nitrogen and oxygen atoms in total. The smallest absolute Gasteiger partial charge is 0.356 e.